The number of aromatic nitrogens is 2. The number of β-amino-alcohol motifs (C(OH)–C–C–N with tert-alkyl or cyclic N) is 1. The van der Waals surface area contributed by atoms with Crippen LogP contribution in [0.5, 0.6) is 0 Å². The van der Waals surface area contributed by atoms with Crippen LogP contribution in [0.1, 0.15) is 19.8 Å². The van der Waals surface area contributed by atoms with Gasteiger partial charge in [0.2, 0.25) is 5.95 Å². The number of anilines is 1. The molecule has 1 atom stereocenters. The lowest BCUT2D eigenvalue weighted by Crippen LogP contribution is -2.46. The van der Waals surface area contributed by atoms with Crippen molar-refractivity contribution in [3.05, 3.63) is 30.5 Å². The van der Waals surface area contributed by atoms with Crippen molar-refractivity contribution in [2.45, 2.75) is 25.4 Å². The van der Waals surface area contributed by atoms with Crippen LogP contribution in [0.3, 0.4) is 0 Å². The topological polar surface area (TPSA) is 49.2 Å². The molecule has 0 radical (unpaired) electrons. The van der Waals surface area contributed by atoms with Crippen LogP contribution in [0, 0.1) is 0 Å². The minimum Gasteiger partial charge on any atom is -0.388 e. The predicted octanol–water partition coefficient (Wildman–Crippen LogP) is 1.98. The Labute approximate surface area is 106 Å². The van der Waals surface area contributed by atoms with E-state index in [1.807, 2.05) is 37.4 Å². The van der Waals surface area contributed by atoms with E-state index in [0.717, 1.165) is 30.3 Å². The summed E-state index contributed by atoms with van der Waals surface area (Å²) in [5.41, 5.74) is 0.320. The molecule has 4 nitrogen and oxygen atoms in total. The lowest BCUT2D eigenvalue weighted by atomic mass is 9.95. The molecule has 0 amide bonds. The lowest BCUT2D eigenvalue weighted by molar-refractivity contribution is 0.0445. The van der Waals surface area contributed by atoms with Gasteiger partial charge >= 0.3 is 0 Å². The molecule has 94 valence electrons. The summed E-state index contributed by atoms with van der Waals surface area (Å²) in [5.74, 6) is 0.716. The van der Waals surface area contributed by atoms with E-state index in [1.54, 1.807) is 0 Å². The van der Waals surface area contributed by atoms with Crippen LogP contribution in [-0.2, 0) is 0 Å². The molecule has 0 bridgehead atoms. The first-order chi connectivity index (χ1) is 8.64. The number of para-hydroxylation sites is 1. The Morgan fingerprint density at radius 2 is 2.17 bits per heavy atom. The van der Waals surface area contributed by atoms with Gasteiger partial charge in [0.15, 0.2) is 0 Å². The number of nitrogens with zero attached hydrogens (tertiary/aromatic N) is 3. The summed E-state index contributed by atoms with van der Waals surface area (Å²) >= 11 is 0. The Hall–Kier alpha value is -1.68. The number of hydrogen-bond acceptors (Lipinski definition) is 4. The molecule has 2 heterocycles. The molecular formula is C14H17N3O. The SMILES string of the molecule is C[C@@]1(O)CCCN(c2ncc3ccccc3n2)C1. The molecule has 1 saturated heterocycles. The second-order valence-corrected chi connectivity index (χ2v) is 5.25. The zero-order valence-corrected chi connectivity index (χ0v) is 10.5. The third-order valence-corrected chi connectivity index (χ3v) is 3.43. The molecule has 2 aromatic rings. The smallest absolute Gasteiger partial charge is 0.225 e. The van der Waals surface area contributed by atoms with E-state index >= 15 is 0 Å². The number of rotatable bonds is 1. The van der Waals surface area contributed by atoms with Gasteiger partial charge in [-0.1, -0.05) is 18.2 Å². The van der Waals surface area contributed by atoms with Gasteiger partial charge in [0.25, 0.3) is 0 Å². The molecule has 0 spiro atoms. The average Bonchev–Trinajstić information content (AvgIpc) is 2.37. The molecule has 3 rings (SSSR count). The quantitative estimate of drug-likeness (QED) is 0.832. The summed E-state index contributed by atoms with van der Waals surface area (Å²) in [6, 6.07) is 7.95. The molecule has 0 unspecified atom stereocenters. The summed E-state index contributed by atoms with van der Waals surface area (Å²) in [6.07, 6.45) is 3.67. The van der Waals surface area contributed by atoms with Crippen molar-refractivity contribution in [3.8, 4) is 0 Å². The summed E-state index contributed by atoms with van der Waals surface area (Å²) in [7, 11) is 0. The van der Waals surface area contributed by atoms with E-state index in [0.29, 0.717) is 12.5 Å². The molecule has 0 aliphatic carbocycles. The second kappa shape index (κ2) is 4.21. The number of piperidine rings is 1. The fourth-order valence-corrected chi connectivity index (χ4v) is 2.51. The number of hydrogen-bond donors (Lipinski definition) is 1. The van der Waals surface area contributed by atoms with Gasteiger partial charge < -0.3 is 10.0 Å². The van der Waals surface area contributed by atoms with Crippen molar-refractivity contribution >= 4 is 16.9 Å². The van der Waals surface area contributed by atoms with Crippen LogP contribution in [0.25, 0.3) is 10.9 Å². The van der Waals surface area contributed by atoms with Gasteiger partial charge in [-0.2, -0.15) is 0 Å². The molecule has 18 heavy (non-hydrogen) atoms. The summed E-state index contributed by atoms with van der Waals surface area (Å²) < 4.78 is 0. The van der Waals surface area contributed by atoms with Crippen molar-refractivity contribution in [1.82, 2.24) is 9.97 Å². The van der Waals surface area contributed by atoms with Gasteiger partial charge in [-0.15, -0.1) is 0 Å². The molecule has 1 aliphatic heterocycles. The first-order valence-electron chi connectivity index (χ1n) is 6.33. The molecule has 1 aromatic heterocycles. The monoisotopic (exact) mass is 243 g/mol. The van der Waals surface area contributed by atoms with Gasteiger partial charge in [0.05, 0.1) is 11.1 Å². The first kappa shape index (κ1) is 11.4. The van der Waals surface area contributed by atoms with Crippen molar-refractivity contribution in [2.75, 3.05) is 18.0 Å². The fraction of sp³-hybridized carbons (Fsp3) is 0.429. The minimum atomic E-state index is -0.632. The normalized spacial score (nSPS) is 24.4. The van der Waals surface area contributed by atoms with Crippen molar-refractivity contribution < 1.29 is 5.11 Å². The van der Waals surface area contributed by atoms with Crippen LogP contribution >= 0.6 is 0 Å². The highest BCUT2D eigenvalue weighted by molar-refractivity contribution is 5.78. The third kappa shape index (κ3) is 2.16. The minimum absolute atomic E-state index is 0.603. The number of fused-ring (bicyclic) bond motifs is 1. The highest BCUT2D eigenvalue weighted by Crippen LogP contribution is 2.24. The number of benzene rings is 1. The highest BCUT2D eigenvalue weighted by atomic mass is 16.3. The molecule has 1 aliphatic rings. The molecular weight excluding hydrogens is 226 g/mol. The average molecular weight is 243 g/mol. The third-order valence-electron chi connectivity index (χ3n) is 3.43. The zero-order chi connectivity index (χ0) is 12.6. The zero-order valence-electron chi connectivity index (χ0n) is 10.5. The van der Waals surface area contributed by atoms with Gasteiger partial charge in [0, 0.05) is 24.7 Å². The maximum Gasteiger partial charge on any atom is 0.225 e. The van der Waals surface area contributed by atoms with E-state index in [4.69, 9.17) is 0 Å². The molecule has 1 fully saturated rings. The molecule has 1 N–H and O–H groups in total. The van der Waals surface area contributed by atoms with E-state index in [-0.39, 0.29) is 0 Å². The molecule has 4 heteroatoms. The van der Waals surface area contributed by atoms with Crippen LogP contribution in [-0.4, -0.2) is 33.8 Å². The van der Waals surface area contributed by atoms with Crippen LogP contribution in [0.15, 0.2) is 30.5 Å². The Bertz CT molecular complexity index is 568. The maximum atomic E-state index is 10.1. The van der Waals surface area contributed by atoms with Crippen LogP contribution < -0.4 is 4.90 Å². The highest BCUT2D eigenvalue weighted by Gasteiger charge is 2.29. The Balaban J connectivity index is 1.94. The lowest BCUT2D eigenvalue weighted by Gasteiger charge is -2.36. The van der Waals surface area contributed by atoms with Crippen LogP contribution in [0.2, 0.25) is 0 Å². The standard InChI is InChI=1S/C14H17N3O/c1-14(18)7-4-8-17(10-14)13-15-9-11-5-2-3-6-12(11)16-13/h2-3,5-6,9,18H,4,7-8,10H2,1H3/t14-/m1/s1. The van der Waals surface area contributed by atoms with E-state index < -0.39 is 5.60 Å². The largest absolute Gasteiger partial charge is 0.388 e. The summed E-state index contributed by atoms with van der Waals surface area (Å²) in [4.78, 5) is 11.0. The van der Waals surface area contributed by atoms with E-state index in [9.17, 15) is 5.11 Å². The predicted molar refractivity (Wildman–Crippen MR) is 71.6 cm³/mol. The van der Waals surface area contributed by atoms with Crippen molar-refractivity contribution in [2.24, 2.45) is 0 Å². The first-order valence-corrected chi connectivity index (χ1v) is 6.33. The Morgan fingerprint density at radius 3 is 3.00 bits per heavy atom. The molecule has 0 saturated carbocycles. The van der Waals surface area contributed by atoms with E-state index in [1.165, 1.54) is 0 Å². The van der Waals surface area contributed by atoms with Gasteiger partial charge in [0.1, 0.15) is 0 Å². The molecule has 1 aromatic carbocycles. The van der Waals surface area contributed by atoms with Gasteiger partial charge in [-0.25, -0.2) is 9.97 Å². The second-order valence-electron chi connectivity index (χ2n) is 5.25. The van der Waals surface area contributed by atoms with Crippen LogP contribution in [0.4, 0.5) is 5.95 Å². The number of aliphatic hydroxyl groups is 1. The summed E-state index contributed by atoms with van der Waals surface area (Å²) in [6.45, 7) is 3.39. The Kier molecular flexibility index (Phi) is 2.67. The van der Waals surface area contributed by atoms with Crippen molar-refractivity contribution in [1.29, 1.82) is 0 Å². The van der Waals surface area contributed by atoms with E-state index in [2.05, 4.69) is 14.9 Å². The fourth-order valence-electron chi connectivity index (χ4n) is 2.51. The van der Waals surface area contributed by atoms with Gasteiger partial charge in [-0.3, -0.25) is 0 Å². The maximum absolute atomic E-state index is 10.1. The van der Waals surface area contributed by atoms with Gasteiger partial charge in [-0.05, 0) is 25.8 Å². The Morgan fingerprint density at radius 1 is 1.33 bits per heavy atom. The van der Waals surface area contributed by atoms with Crippen molar-refractivity contribution in [3.63, 3.8) is 0 Å². The summed E-state index contributed by atoms with van der Waals surface area (Å²) in [5, 5.41) is 11.2.